The molecule has 252 valence electrons. The third kappa shape index (κ3) is 4.30. The lowest BCUT2D eigenvalue weighted by Gasteiger charge is -2.70. The van der Waals surface area contributed by atoms with Crippen LogP contribution in [-0.4, -0.2) is 86.3 Å². The minimum absolute atomic E-state index is 0.0380. The lowest BCUT2D eigenvalue weighted by atomic mass is 9.35. The van der Waals surface area contributed by atoms with Gasteiger partial charge in [0.05, 0.1) is 24.9 Å². The van der Waals surface area contributed by atoms with E-state index < -0.39 is 48.8 Å². The highest BCUT2D eigenvalue weighted by molar-refractivity contribution is 5.35. The van der Waals surface area contributed by atoms with Crippen molar-refractivity contribution >= 4 is 0 Å². The van der Waals surface area contributed by atoms with E-state index in [1.165, 1.54) is 5.57 Å². The highest BCUT2D eigenvalue weighted by atomic mass is 16.7. The topological polar surface area (TPSA) is 140 Å². The maximum absolute atomic E-state index is 12.2. The Morgan fingerprint density at radius 2 is 1.55 bits per heavy atom. The molecule has 8 nitrogen and oxygen atoms in total. The highest BCUT2D eigenvalue weighted by Crippen LogP contribution is 2.76. The molecule has 0 aromatic heterocycles. The van der Waals surface area contributed by atoms with E-state index in [1.54, 1.807) is 0 Å². The van der Waals surface area contributed by atoms with Crippen molar-refractivity contribution in [3.63, 3.8) is 0 Å². The van der Waals surface area contributed by atoms with Gasteiger partial charge < -0.3 is 40.1 Å². The van der Waals surface area contributed by atoms with E-state index in [-0.39, 0.29) is 51.6 Å². The van der Waals surface area contributed by atoms with Crippen LogP contribution in [0, 0.1) is 56.7 Å². The van der Waals surface area contributed by atoms with E-state index in [4.69, 9.17) is 9.47 Å². The summed E-state index contributed by atoms with van der Waals surface area (Å²) in [5.41, 5.74) is 0.716. The van der Waals surface area contributed by atoms with Crippen LogP contribution in [-0.2, 0) is 9.47 Å². The van der Waals surface area contributed by atoms with Crippen LogP contribution in [0.2, 0.25) is 0 Å². The molecule has 0 spiro atoms. The molecular formula is C36H60O8. The second-order valence-electron chi connectivity index (χ2n) is 17.8. The first kappa shape index (κ1) is 33.3. The lowest BCUT2D eigenvalue weighted by molar-refractivity contribution is -0.327. The Hall–Kier alpha value is -0.580. The van der Waals surface area contributed by atoms with Crippen LogP contribution >= 0.6 is 0 Å². The fourth-order valence-corrected chi connectivity index (χ4v) is 12.8. The van der Waals surface area contributed by atoms with E-state index in [9.17, 15) is 30.6 Å². The number of rotatable bonds is 4. The van der Waals surface area contributed by atoms with Gasteiger partial charge in [-0.2, -0.15) is 0 Å². The van der Waals surface area contributed by atoms with Crippen molar-refractivity contribution in [1.82, 2.24) is 0 Å². The molecule has 1 saturated heterocycles. The fraction of sp³-hybridized carbons (Fsp3) is 0.944. The summed E-state index contributed by atoms with van der Waals surface area (Å²) >= 11 is 0. The number of hydrogen-bond acceptors (Lipinski definition) is 8. The fourth-order valence-electron chi connectivity index (χ4n) is 12.8. The van der Waals surface area contributed by atoms with Gasteiger partial charge in [0.15, 0.2) is 6.29 Å². The molecule has 0 bridgehead atoms. The molecule has 0 aromatic rings. The average Bonchev–Trinajstić information content (AvgIpc) is 3.23. The molecule has 0 radical (unpaired) electrons. The van der Waals surface area contributed by atoms with Crippen molar-refractivity contribution in [3.8, 4) is 0 Å². The Labute approximate surface area is 264 Å². The van der Waals surface area contributed by atoms with Crippen LogP contribution in [0.15, 0.2) is 11.6 Å². The van der Waals surface area contributed by atoms with Crippen molar-refractivity contribution in [2.75, 3.05) is 6.61 Å². The zero-order chi connectivity index (χ0) is 32.4. The molecule has 44 heavy (non-hydrogen) atoms. The molecule has 6 aliphatic rings. The minimum atomic E-state index is -1.48. The summed E-state index contributed by atoms with van der Waals surface area (Å²) in [4.78, 5) is 0. The molecule has 0 unspecified atom stereocenters. The van der Waals surface area contributed by atoms with Crippen LogP contribution < -0.4 is 0 Å². The summed E-state index contributed by atoms with van der Waals surface area (Å²) in [6.45, 7) is 18.2. The van der Waals surface area contributed by atoms with Crippen LogP contribution in [0.25, 0.3) is 0 Å². The maximum Gasteiger partial charge on any atom is 0.186 e. The van der Waals surface area contributed by atoms with Gasteiger partial charge in [-0.3, -0.25) is 0 Å². The smallest absolute Gasteiger partial charge is 0.186 e. The molecule has 0 amide bonds. The molecule has 4 saturated carbocycles. The normalized spacial score (nSPS) is 56.8. The lowest BCUT2D eigenvalue weighted by Crippen LogP contribution is -2.66. The number of ether oxygens (including phenoxy) is 2. The number of fused-ring (bicyclic) bond motifs is 7. The Bertz CT molecular complexity index is 1140. The molecule has 0 aromatic carbocycles. The van der Waals surface area contributed by atoms with Gasteiger partial charge in [0, 0.05) is 5.92 Å². The van der Waals surface area contributed by atoms with Crippen LogP contribution in [0.5, 0.6) is 0 Å². The summed E-state index contributed by atoms with van der Waals surface area (Å²) < 4.78 is 12.2. The minimum Gasteiger partial charge on any atom is -0.394 e. The molecule has 8 heteroatoms. The maximum atomic E-state index is 12.2. The number of allylic oxidation sites excluding steroid dienone is 1. The van der Waals surface area contributed by atoms with Gasteiger partial charge in [0.1, 0.15) is 24.4 Å². The van der Waals surface area contributed by atoms with E-state index in [2.05, 4.69) is 61.5 Å². The van der Waals surface area contributed by atoms with Gasteiger partial charge in [0.2, 0.25) is 0 Å². The highest BCUT2D eigenvalue weighted by Gasteiger charge is 2.71. The average molecular weight is 621 g/mol. The van der Waals surface area contributed by atoms with Crippen molar-refractivity contribution in [1.29, 1.82) is 0 Å². The van der Waals surface area contributed by atoms with Gasteiger partial charge in [-0.05, 0) is 95.7 Å². The number of aliphatic hydroxyl groups is 6. The molecule has 1 heterocycles. The quantitative estimate of drug-likeness (QED) is 0.206. The van der Waals surface area contributed by atoms with Crippen molar-refractivity contribution in [2.45, 2.75) is 149 Å². The Morgan fingerprint density at radius 3 is 2.18 bits per heavy atom. The van der Waals surface area contributed by atoms with Gasteiger partial charge in [-0.25, -0.2) is 0 Å². The van der Waals surface area contributed by atoms with Crippen LogP contribution in [0.4, 0.5) is 0 Å². The SMILES string of the molecule is CC(C)[C@@H]1C[C@@H](O)[C@H]2[C@@]1(C)CC[C@@]1(C)[C@H]3C(=CC[C@]21C)[C@@]1(C)CC[C@H](O[C@@H]2O[C@H](CO)[C@@H](O)[C@H](O)[C@H]2O)C(C)(C)[C@H]1C[C@@H]3O. The van der Waals surface area contributed by atoms with Crippen LogP contribution in [0.1, 0.15) is 100 Å². The molecule has 16 atom stereocenters. The molecule has 6 rings (SSSR count). The van der Waals surface area contributed by atoms with Crippen molar-refractivity contribution in [3.05, 3.63) is 11.6 Å². The first-order valence-corrected chi connectivity index (χ1v) is 17.4. The number of aliphatic hydroxyl groups excluding tert-OH is 6. The van der Waals surface area contributed by atoms with E-state index in [0.717, 1.165) is 38.5 Å². The van der Waals surface area contributed by atoms with Gasteiger partial charge in [-0.15, -0.1) is 0 Å². The monoisotopic (exact) mass is 620 g/mol. The summed E-state index contributed by atoms with van der Waals surface area (Å²) in [7, 11) is 0. The second kappa shape index (κ2) is 10.7. The molecule has 5 aliphatic carbocycles. The summed E-state index contributed by atoms with van der Waals surface area (Å²) in [6.07, 6.45) is 0.966. The summed E-state index contributed by atoms with van der Waals surface area (Å²) in [5.74, 6) is 1.39. The predicted molar refractivity (Wildman–Crippen MR) is 166 cm³/mol. The van der Waals surface area contributed by atoms with E-state index >= 15 is 0 Å². The molecule has 1 aliphatic heterocycles. The molecule has 6 N–H and O–H groups in total. The third-order valence-electron chi connectivity index (χ3n) is 15.3. The molecule has 5 fully saturated rings. The summed E-state index contributed by atoms with van der Waals surface area (Å²) in [6, 6.07) is 0. The third-order valence-corrected chi connectivity index (χ3v) is 15.3. The van der Waals surface area contributed by atoms with Gasteiger partial charge in [-0.1, -0.05) is 67.0 Å². The van der Waals surface area contributed by atoms with Gasteiger partial charge >= 0.3 is 0 Å². The Kier molecular flexibility index (Phi) is 8.11. The first-order valence-electron chi connectivity index (χ1n) is 17.4. The standard InChI is InChI=1S/C36H60O8/c1-18(2)20-15-22(39)30-34(20,6)13-14-35(7)26-19(9-12-36(30,35)8)33(5)11-10-25(32(3,4)24(33)16-21(26)38)44-31-29(42)28(41)27(40)23(17-37)43-31/h9,18,20-31,37-42H,10-17H2,1-8H3/t20-,21-,22+,23+,24+,25-,26-,27+,28-,29+,30-,31-,33+,34-,35-,36+/m0/s1. The predicted octanol–water partition coefficient (Wildman–Crippen LogP) is 3.79. The van der Waals surface area contributed by atoms with E-state index in [0.29, 0.717) is 18.3 Å². The second-order valence-corrected chi connectivity index (χ2v) is 17.8. The van der Waals surface area contributed by atoms with Crippen molar-refractivity contribution in [2.24, 2.45) is 56.7 Å². The number of hydrogen-bond donors (Lipinski definition) is 6. The molecular weight excluding hydrogens is 560 g/mol. The van der Waals surface area contributed by atoms with Crippen molar-refractivity contribution < 1.29 is 40.1 Å². The summed E-state index contributed by atoms with van der Waals surface area (Å²) in [5, 5.41) is 64.9. The van der Waals surface area contributed by atoms with E-state index in [1.807, 2.05) is 0 Å². The zero-order valence-electron chi connectivity index (χ0n) is 28.2. The largest absolute Gasteiger partial charge is 0.394 e. The first-order chi connectivity index (χ1) is 20.4. The Morgan fingerprint density at radius 1 is 0.864 bits per heavy atom. The zero-order valence-corrected chi connectivity index (χ0v) is 28.2. The van der Waals surface area contributed by atoms with Gasteiger partial charge in [0.25, 0.3) is 0 Å². The van der Waals surface area contributed by atoms with Crippen LogP contribution in [0.3, 0.4) is 0 Å². The Balaban J connectivity index is 1.30.